The van der Waals surface area contributed by atoms with Gasteiger partial charge in [0.2, 0.25) is 0 Å². The second-order valence-electron chi connectivity index (χ2n) is 1.86. The van der Waals surface area contributed by atoms with Crippen molar-refractivity contribution < 1.29 is 4.74 Å². The molecule has 0 aliphatic carbocycles. The van der Waals surface area contributed by atoms with Crippen LogP contribution in [0.3, 0.4) is 0 Å². The fourth-order valence-corrected chi connectivity index (χ4v) is 0.762. The van der Waals surface area contributed by atoms with Crippen LogP contribution in [0, 0.1) is 0 Å². The van der Waals surface area contributed by atoms with Crippen molar-refractivity contribution >= 4 is 12.4 Å². The number of nitrogens with zero attached hydrogens (tertiary/aromatic N) is 1. The molecule has 3 nitrogen and oxygen atoms in total. The summed E-state index contributed by atoms with van der Waals surface area (Å²) in [6.45, 7) is 0.421. The molecule has 0 saturated carbocycles. The Labute approximate surface area is 72.0 Å². The molecule has 0 atom stereocenters. The van der Waals surface area contributed by atoms with Crippen molar-refractivity contribution in [3.63, 3.8) is 0 Å². The monoisotopic (exact) mass is 174 g/mol. The molecule has 1 heterocycles. The highest BCUT2D eigenvalue weighted by Crippen LogP contribution is 2.12. The molecule has 2 N–H and O–H groups in total. The fraction of sp³-hybridized carbons (Fsp3) is 0.286. The fourth-order valence-electron chi connectivity index (χ4n) is 0.762. The lowest BCUT2D eigenvalue weighted by Crippen LogP contribution is -2.01. The van der Waals surface area contributed by atoms with Crippen LogP contribution in [0.5, 0.6) is 5.75 Å². The first kappa shape index (κ1) is 10.2. The van der Waals surface area contributed by atoms with Gasteiger partial charge in [-0.2, -0.15) is 0 Å². The maximum atomic E-state index is 5.38. The maximum absolute atomic E-state index is 5.38. The van der Waals surface area contributed by atoms with E-state index in [0.29, 0.717) is 6.54 Å². The molecule has 4 heteroatoms. The second kappa shape index (κ2) is 4.93. The van der Waals surface area contributed by atoms with Gasteiger partial charge in [-0.1, -0.05) is 0 Å². The van der Waals surface area contributed by atoms with Crippen molar-refractivity contribution in [1.29, 1.82) is 0 Å². The van der Waals surface area contributed by atoms with Crippen LogP contribution in [-0.4, -0.2) is 12.1 Å². The summed E-state index contributed by atoms with van der Waals surface area (Å²) in [5.41, 5.74) is 6.18. The molecule has 1 aromatic heterocycles. The Morgan fingerprint density at radius 3 is 2.82 bits per heavy atom. The zero-order valence-electron chi connectivity index (χ0n) is 6.28. The molecule has 1 aromatic rings. The second-order valence-corrected chi connectivity index (χ2v) is 1.86. The van der Waals surface area contributed by atoms with E-state index in [4.69, 9.17) is 10.5 Å². The van der Waals surface area contributed by atoms with Gasteiger partial charge in [-0.3, -0.25) is 4.98 Å². The largest absolute Gasteiger partial charge is 0.495 e. The summed E-state index contributed by atoms with van der Waals surface area (Å²) in [5, 5.41) is 0. The van der Waals surface area contributed by atoms with Crippen LogP contribution >= 0.6 is 12.4 Å². The number of pyridine rings is 1. The first-order chi connectivity index (χ1) is 4.88. The summed E-state index contributed by atoms with van der Waals surface area (Å²) in [6, 6.07) is 3.66. The number of ether oxygens (including phenoxy) is 1. The van der Waals surface area contributed by atoms with E-state index in [0.717, 1.165) is 11.4 Å². The van der Waals surface area contributed by atoms with E-state index in [9.17, 15) is 0 Å². The Hall–Kier alpha value is -0.800. The van der Waals surface area contributed by atoms with Gasteiger partial charge in [-0.05, 0) is 12.1 Å². The minimum Gasteiger partial charge on any atom is -0.495 e. The van der Waals surface area contributed by atoms with Gasteiger partial charge in [0.1, 0.15) is 5.75 Å². The SMILES string of the molecule is COc1cccnc1CN.Cl. The minimum absolute atomic E-state index is 0. The summed E-state index contributed by atoms with van der Waals surface area (Å²) in [5.74, 6) is 0.755. The quantitative estimate of drug-likeness (QED) is 0.727. The molecule has 0 aliphatic rings. The van der Waals surface area contributed by atoms with Crippen LogP contribution < -0.4 is 10.5 Å². The lowest BCUT2D eigenvalue weighted by molar-refractivity contribution is 0.407. The molecule has 0 aromatic carbocycles. The highest BCUT2D eigenvalue weighted by atomic mass is 35.5. The minimum atomic E-state index is 0. The highest BCUT2D eigenvalue weighted by Gasteiger charge is 1.97. The Morgan fingerprint density at radius 1 is 1.64 bits per heavy atom. The van der Waals surface area contributed by atoms with E-state index >= 15 is 0 Å². The molecule has 0 spiro atoms. The molecule has 0 saturated heterocycles. The average molecular weight is 175 g/mol. The van der Waals surface area contributed by atoms with Crippen LogP contribution in [0.2, 0.25) is 0 Å². The molecule has 0 radical (unpaired) electrons. The molecule has 0 aliphatic heterocycles. The van der Waals surface area contributed by atoms with Crippen LogP contribution in [0.15, 0.2) is 18.3 Å². The molecule has 11 heavy (non-hydrogen) atoms. The summed E-state index contributed by atoms with van der Waals surface area (Å²) in [4.78, 5) is 4.02. The van der Waals surface area contributed by atoms with Crippen molar-refractivity contribution in [2.75, 3.05) is 7.11 Å². The van der Waals surface area contributed by atoms with Crippen LogP contribution in [0.25, 0.3) is 0 Å². The number of halogens is 1. The zero-order valence-corrected chi connectivity index (χ0v) is 7.10. The summed E-state index contributed by atoms with van der Waals surface area (Å²) in [7, 11) is 1.61. The van der Waals surface area contributed by atoms with Gasteiger partial charge in [0.25, 0.3) is 0 Å². The maximum Gasteiger partial charge on any atom is 0.141 e. The first-order valence-corrected chi connectivity index (χ1v) is 3.06. The number of aromatic nitrogens is 1. The average Bonchev–Trinajstić information content (AvgIpc) is 2.04. The topological polar surface area (TPSA) is 48.1 Å². The molecule has 62 valence electrons. The molecular weight excluding hydrogens is 164 g/mol. The summed E-state index contributed by atoms with van der Waals surface area (Å²) >= 11 is 0. The van der Waals surface area contributed by atoms with E-state index in [1.54, 1.807) is 13.3 Å². The highest BCUT2D eigenvalue weighted by molar-refractivity contribution is 5.85. The van der Waals surface area contributed by atoms with Crippen LogP contribution in [-0.2, 0) is 6.54 Å². The number of hydrogen-bond donors (Lipinski definition) is 1. The van der Waals surface area contributed by atoms with Gasteiger partial charge >= 0.3 is 0 Å². The smallest absolute Gasteiger partial charge is 0.141 e. The van der Waals surface area contributed by atoms with Crippen molar-refractivity contribution in [1.82, 2.24) is 4.98 Å². The molecular formula is C7H11ClN2O. The standard InChI is InChI=1S/C7H10N2O.ClH/c1-10-7-3-2-4-9-6(7)5-8;/h2-4H,5,8H2,1H3;1H. The van der Waals surface area contributed by atoms with Gasteiger partial charge in [0.05, 0.1) is 12.8 Å². The summed E-state index contributed by atoms with van der Waals surface area (Å²) in [6.07, 6.45) is 1.70. The van der Waals surface area contributed by atoms with Gasteiger partial charge in [-0.15, -0.1) is 12.4 Å². The van der Waals surface area contributed by atoms with E-state index in [2.05, 4.69) is 4.98 Å². The lowest BCUT2D eigenvalue weighted by atomic mass is 10.3. The third kappa shape index (κ3) is 2.37. The number of hydrogen-bond acceptors (Lipinski definition) is 3. The summed E-state index contributed by atoms with van der Waals surface area (Å²) < 4.78 is 4.99. The number of nitrogens with two attached hydrogens (primary N) is 1. The molecule has 1 rings (SSSR count). The van der Waals surface area contributed by atoms with Gasteiger partial charge in [0, 0.05) is 12.7 Å². The predicted molar refractivity (Wildman–Crippen MR) is 45.9 cm³/mol. The Morgan fingerprint density at radius 2 is 2.36 bits per heavy atom. The van der Waals surface area contributed by atoms with Crippen molar-refractivity contribution in [3.05, 3.63) is 24.0 Å². The Bertz CT molecular complexity index is 194. The third-order valence-electron chi connectivity index (χ3n) is 1.26. The number of methoxy groups -OCH3 is 1. The Balaban J connectivity index is 0.000001000. The van der Waals surface area contributed by atoms with Crippen LogP contribution in [0.4, 0.5) is 0 Å². The van der Waals surface area contributed by atoms with Gasteiger partial charge < -0.3 is 10.5 Å². The first-order valence-electron chi connectivity index (χ1n) is 3.06. The van der Waals surface area contributed by atoms with Crippen molar-refractivity contribution in [2.45, 2.75) is 6.54 Å². The number of rotatable bonds is 2. The van der Waals surface area contributed by atoms with Crippen molar-refractivity contribution in [3.8, 4) is 5.75 Å². The zero-order chi connectivity index (χ0) is 7.40. The van der Waals surface area contributed by atoms with E-state index in [-0.39, 0.29) is 12.4 Å². The lowest BCUT2D eigenvalue weighted by Gasteiger charge is -2.02. The third-order valence-corrected chi connectivity index (χ3v) is 1.26. The molecule has 0 amide bonds. The van der Waals surface area contributed by atoms with Crippen LogP contribution in [0.1, 0.15) is 5.69 Å². The van der Waals surface area contributed by atoms with E-state index < -0.39 is 0 Å². The normalized spacial score (nSPS) is 8.55. The molecule has 0 fully saturated rings. The molecule has 0 bridgehead atoms. The molecule has 0 unspecified atom stereocenters. The van der Waals surface area contributed by atoms with Gasteiger partial charge in [0.15, 0.2) is 0 Å². The predicted octanol–water partition coefficient (Wildman–Crippen LogP) is 0.971. The van der Waals surface area contributed by atoms with Crippen molar-refractivity contribution in [2.24, 2.45) is 5.73 Å². The van der Waals surface area contributed by atoms with Gasteiger partial charge in [-0.25, -0.2) is 0 Å². The van der Waals surface area contributed by atoms with E-state index in [1.165, 1.54) is 0 Å². The Kier molecular flexibility index (Phi) is 4.57. The van der Waals surface area contributed by atoms with E-state index in [1.807, 2.05) is 12.1 Å².